The monoisotopic (exact) mass is 405 g/mol. The number of aromatic nitrogens is 1. The van der Waals surface area contributed by atoms with Gasteiger partial charge in [-0.15, -0.1) is 11.3 Å². The molecule has 2 aromatic carbocycles. The molecule has 5 nitrogen and oxygen atoms in total. The fraction of sp³-hybridized carbons (Fsp3) is 0.261. The number of nitrogens with zero attached hydrogens (tertiary/aromatic N) is 3. The first kappa shape index (κ1) is 19.3. The molecule has 29 heavy (non-hydrogen) atoms. The van der Waals surface area contributed by atoms with Gasteiger partial charge in [0.1, 0.15) is 10.7 Å². The molecule has 1 aromatic heterocycles. The third-order valence-corrected chi connectivity index (χ3v) is 6.07. The van der Waals surface area contributed by atoms with E-state index in [-0.39, 0.29) is 11.8 Å². The third-order valence-electron chi connectivity index (χ3n) is 5.17. The van der Waals surface area contributed by atoms with Gasteiger partial charge in [-0.1, -0.05) is 47.5 Å². The minimum absolute atomic E-state index is 0.0208. The van der Waals surface area contributed by atoms with Crippen molar-refractivity contribution in [2.45, 2.75) is 13.8 Å². The zero-order valence-corrected chi connectivity index (χ0v) is 17.4. The van der Waals surface area contributed by atoms with E-state index in [1.807, 2.05) is 72.7 Å². The van der Waals surface area contributed by atoms with E-state index < -0.39 is 0 Å². The van der Waals surface area contributed by atoms with Crippen molar-refractivity contribution in [1.82, 2.24) is 14.8 Å². The second kappa shape index (κ2) is 8.17. The second-order valence-electron chi connectivity index (χ2n) is 7.35. The summed E-state index contributed by atoms with van der Waals surface area (Å²) >= 11 is 1.48. The summed E-state index contributed by atoms with van der Waals surface area (Å²) in [7, 11) is 0. The van der Waals surface area contributed by atoms with E-state index in [1.54, 1.807) is 4.90 Å². The van der Waals surface area contributed by atoms with Crippen molar-refractivity contribution in [2.24, 2.45) is 0 Å². The molecule has 0 radical (unpaired) electrons. The first-order valence-corrected chi connectivity index (χ1v) is 10.6. The van der Waals surface area contributed by atoms with Crippen LogP contribution in [0.4, 0.5) is 0 Å². The molecule has 1 aliphatic heterocycles. The summed E-state index contributed by atoms with van der Waals surface area (Å²) in [6.07, 6.45) is 0. The molecule has 0 N–H and O–H groups in total. The number of aryl methyl sites for hydroxylation is 2. The van der Waals surface area contributed by atoms with E-state index in [2.05, 4.69) is 4.98 Å². The van der Waals surface area contributed by atoms with Gasteiger partial charge in [-0.25, -0.2) is 4.98 Å². The van der Waals surface area contributed by atoms with Gasteiger partial charge >= 0.3 is 0 Å². The van der Waals surface area contributed by atoms with E-state index >= 15 is 0 Å². The number of hydrogen-bond acceptors (Lipinski definition) is 4. The summed E-state index contributed by atoms with van der Waals surface area (Å²) in [5.41, 5.74) is 4.51. The summed E-state index contributed by atoms with van der Waals surface area (Å²) in [5, 5.41) is 2.67. The van der Waals surface area contributed by atoms with Crippen LogP contribution in [0, 0.1) is 13.8 Å². The lowest BCUT2D eigenvalue weighted by Crippen LogP contribution is -2.50. The highest BCUT2D eigenvalue weighted by molar-refractivity contribution is 7.13. The summed E-state index contributed by atoms with van der Waals surface area (Å²) in [5.74, 6) is -0.0468. The molecule has 1 fully saturated rings. The van der Waals surface area contributed by atoms with Crippen molar-refractivity contribution < 1.29 is 9.59 Å². The Kier molecular flexibility index (Phi) is 5.45. The molecule has 6 heteroatoms. The molecular weight excluding hydrogens is 382 g/mol. The van der Waals surface area contributed by atoms with Crippen molar-refractivity contribution in [1.29, 1.82) is 0 Å². The molecule has 0 saturated carbocycles. The number of carbonyl (C=O) groups is 2. The van der Waals surface area contributed by atoms with Crippen LogP contribution in [0.1, 0.15) is 32.0 Å². The lowest BCUT2D eigenvalue weighted by molar-refractivity contribution is 0.0533. The Morgan fingerprint density at radius 1 is 0.793 bits per heavy atom. The molecule has 0 aliphatic carbocycles. The van der Waals surface area contributed by atoms with Gasteiger partial charge in [-0.3, -0.25) is 9.59 Å². The smallest absolute Gasteiger partial charge is 0.273 e. The number of hydrogen-bond donors (Lipinski definition) is 0. The van der Waals surface area contributed by atoms with Gasteiger partial charge in [0.05, 0.1) is 0 Å². The van der Waals surface area contributed by atoms with Crippen LogP contribution in [0.5, 0.6) is 0 Å². The lowest BCUT2D eigenvalue weighted by atomic mass is 10.1. The van der Waals surface area contributed by atoms with Crippen LogP contribution in [0.2, 0.25) is 0 Å². The molecule has 2 heterocycles. The van der Waals surface area contributed by atoms with Crippen molar-refractivity contribution in [3.05, 3.63) is 76.3 Å². The maximum Gasteiger partial charge on any atom is 0.273 e. The quantitative estimate of drug-likeness (QED) is 0.661. The maximum absolute atomic E-state index is 12.8. The van der Waals surface area contributed by atoms with E-state index in [9.17, 15) is 9.59 Å². The average Bonchev–Trinajstić information content (AvgIpc) is 3.24. The van der Waals surface area contributed by atoms with Gasteiger partial charge < -0.3 is 9.80 Å². The number of thiazole rings is 1. The van der Waals surface area contributed by atoms with Crippen molar-refractivity contribution >= 4 is 23.2 Å². The van der Waals surface area contributed by atoms with Crippen molar-refractivity contribution in [2.75, 3.05) is 26.2 Å². The standard InChI is InChI=1S/C23H23N3O2S/c1-16-3-7-18(8-4-16)21-24-20(15-29-21)23(28)26-13-11-25(12-14-26)22(27)19-9-5-17(2)6-10-19/h3-10,15H,11-14H2,1-2H3. The summed E-state index contributed by atoms with van der Waals surface area (Å²) < 4.78 is 0. The van der Waals surface area contributed by atoms with Crippen LogP contribution >= 0.6 is 11.3 Å². The minimum atomic E-state index is -0.0675. The number of benzene rings is 2. The number of carbonyl (C=O) groups excluding carboxylic acids is 2. The van der Waals surface area contributed by atoms with Gasteiger partial charge in [0.25, 0.3) is 11.8 Å². The van der Waals surface area contributed by atoms with Crippen LogP contribution in [-0.2, 0) is 0 Å². The fourth-order valence-electron chi connectivity index (χ4n) is 3.35. The Hall–Kier alpha value is -2.99. The van der Waals surface area contributed by atoms with Gasteiger partial charge in [0.15, 0.2) is 0 Å². The van der Waals surface area contributed by atoms with Gasteiger partial charge in [-0.05, 0) is 26.0 Å². The topological polar surface area (TPSA) is 53.5 Å². The first-order valence-electron chi connectivity index (χ1n) is 9.69. The molecule has 0 spiro atoms. The Morgan fingerprint density at radius 3 is 1.90 bits per heavy atom. The van der Waals surface area contributed by atoms with Crippen LogP contribution in [-0.4, -0.2) is 52.8 Å². The van der Waals surface area contributed by atoms with Crippen LogP contribution < -0.4 is 0 Å². The molecular formula is C23H23N3O2S. The number of rotatable bonds is 3. The van der Waals surface area contributed by atoms with Crippen molar-refractivity contribution in [3.63, 3.8) is 0 Å². The highest BCUT2D eigenvalue weighted by atomic mass is 32.1. The lowest BCUT2D eigenvalue weighted by Gasteiger charge is -2.34. The predicted octanol–water partition coefficient (Wildman–Crippen LogP) is 4.03. The van der Waals surface area contributed by atoms with Crippen molar-refractivity contribution in [3.8, 4) is 10.6 Å². The Labute approximate surface area is 174 Å². The van der Waals surface area contributed by atoms with Gasteiger partial charge in [-0.2, -0.15) is 0 Å². The van der Waals surface area contributed by atoms with Crippen LogP contribution in [0.3, 0.4) is 0 Å². The summed E-state index contributed by atoms with van der Waals surface area (Å²) in [6, 6.07) is 15.7. The normalized spacial score (nSPS) is 14.1. The van der Waals surface area contributed by atoms with E-state index in [4.69, 9.17) is 0 Å². The summed E-state index contributed by atoms with van der Waals surface area (Å²) in [4.78, 5) is 33.6. The zero-order valence-electron chi connectivity index (χ0n) is 16.6. The molecule has 2 amide bonds. The predicted molar refractivity (Wildman–Crippen MR) is 115 cm³/mol. The van der Waals surface area contributed by atoms with E-state index in [0.29, 0.717) is 37.4 Å². The largest absolute Gasteiger partial charge is 0.335 e. The Balaban J connectivity index is 1.38. The average molecular weight is 406 g/mol. The molecule has 1 saturated heterocycles. The second-order valence-corrected chi connectivity index (χ2v) is 8.21. The molecule has 0 bridgehead atoms. The van der Waals surface area contributed by atoms with Crippen LogP contribution in [0.15, 0.2) is 53.9 Å². The minimum Gasteiger partial charge on any atom is -0.335 e. The molecule has 4 rings (SSSR count). The highest BCUT2D eigenvalue weighted by Crippen LogP contribution is 2.25. The molecule has 148 valence electrons. The highest BCUT2D eigenvalue weighted by Gasteiger charge is 2.26. The Bertz CT molecular complexity index is 1020. The van der Waals surface area contributed by atoms with Gasteiger partial charge in [0, 0.05) is 42.7 Å². The molecule has 0 unspecified atom stereocenters. The molecule has 1 aliphatic rings. The molecule has 0 atom stereocenters. The zero-order chi connectivity index (χ0) is 20.4. The molecule has 3 aromatic rings. The third kappa shape index (κ3) is 4.22. The maximum atomic E-state index is 12.8. The van der Waals surface area contributed by atoms with E-state index in [1.165, 1.54) is 16.9 Å². The number of piperazine rings is 1. The fourth-order valence-corrected chi connectivity index (χ4v) is 4.15. The van der Waals surface area contributed by atoms with E-state index in [0.717, 1.165) is 16.1 Å². The Morgan fingerprint density at radius 2 is 1.31 bits per heavy atom. The van der Waals surface area contributed by atoms with Gasteiger partial charge in [0.2, 0.25) is 0 Å². The van der Waals surface area contributed by atoms with Crippen LogP contribution in [0.25, 0.3) is 10.6 Å². The first-order chi connectivity index (χ1) is 14.0. The summed E-state index contributed by atoms with van der Waals surface area (Å²) in [6.45, 7) is 6.16. The number of amides is 2. The SMILES string of the molecule is Cc1ccc(C(=O)N2CCN(C(=O)c3csc(-c4ccc(C)cc4)n3)CC2)cc1.